The van der Waals surface area contributed by atoms with Crippen LogP contribution in [0.15, 0.2) is 12.5 Å². The van der Waals surface area contributed by atoms with E-state index in [1.54, 1.807) is 12.5 Å². The Morgan fingerprint density at radius 2 is 2.53 bits per heavy atom. The summed E-state index contributed by atoms with van der Waals surface area (Å²) >= 11 is 0. The molecule has 106 valence electrons. The Balaban J connectivity index is 1.56. The van der Waals surface area contributed by atoms with Gasteiger partial charge in [-0.1, -0.05) is 0 Å². The van der Waals surface area contributed by atoms with Gasteiger partial charge in [0.25, 0.3) is 0 Å². The van der Waals surface area contributed by atoms with Gasteiger partial charge in [-0.2, -0.15) is 0 Å². The second-order valence-electron chi connectivity index (χ2n) is 5.49. The number of amides is 1. The van der Waals surface area contributed by atoms with Crippen LogP contribution in [0.5, 0.6) is 0 Å². The molecule has 0 bridgehead atoms. The molecule has 0 radical (unpaired) electrons. The Morgan fingerprint density at radius 1 is 1.63 bits per heavy atom. The molecule has 0 aliphatic carbocycles. The molecule has 0 saturated carbocycles. The van der Waals surface area contributed by atoms with Gasteiger partial charge in [-0.3, -0.25) is 4.79 Å². The molecule has 1 atom stereocenters. The van der Waals surface area contributed by atoms with Crippen molar-refractivity contribution in [1.82, 2.24) is 20.2 Å². The van der Waals surface area contributed by atoms with E-state index in [1.807, 2.05) is 0 Å². The van der Waals surface area contributed by atoms with Crippen LogP contribution in [0.25, 0.3) is 0 Å². The third-order valence-electron chi connectivity index (χ3n) is 3.77. The summed E-state index contributed by atoms with van der Waals surface area (Å²) in [6.45, 7) is 3.03. The van der Waals surface area contributed by atoms with Crippen molar-refractivity contribution in [3.8, 4) is 0 Å². The van der Waals surface area contributed by atoms with E-state index >= 15 is 0 Å². The lowest BCUT2D eigenvalue weighted by molar-refractivity contribution is -0.121. The maximum atomic E-state index is 11.7. The largest absolute Gasteiger partial charge is 0.356 e. The molecule has 1 saturated heterocycles. The summed E-state index contributed by atoms with van der Waals surface area (Å²) in [5, 5.41) is 2.97. The molecule has 0 aromatic carbocycles. The molecule has 2 rings (SSSR count). The van der Waals surface area contributed by atoms with Gasteiger partial charge in [-0.05, 0) is 38.8 Å². The first-order chi connectivity index (χ1) is 9.24. The lowest BCUT2D eigenvalue weighted by Gasteiger charge is -2.29. The zero-order valence-corrected chi connectivity index (χ0v) is 11.7. The lowest BCUT2D eigenvalue weighted by Crippen LogP contribution is -2.33. The second-order valence-corrected chi connectivity index (χ2v) is 5.49. The normalized spacial score (nSPS) is 20.4. The van der Waals surface area contributed by atoms with E-state index in [0.717, 1.165) is 25.1 Å². The number of carbonyl (C=O) groups is 1. The third-order valence-corrected chi connectivity index (χ3v) is 3.77. The summed E-state index contributed by atoms with van der Waals surface area (Å²) in [4.78, 5) is 21.1. The molecule has 1 amide bonds. The van der Waals surface area contributed by atoms with E-state index in [4.69, 9.17) is 0 Å². The molecule has 5 heteroatoms. The number of carbonyl (C=O) groups excluding carboxylic acids is 1. The molecule has 19 heavy (non-hydrogen) atoms. The van der Waals surface area contributed by atoms with Gasteiger partial charge in [0, 0.05) is 37.8 Å². The lowest BCUT2D eigenvalue weighted by atomic mass is 9.93. The van der Waals surface area contributed by atoms with E-state index in [-0.39, 0.29) is 5.91 Å². The molecule has 1 aliphatic heterocycles. The number of aromatic amines is 1. The number of nitrogens with one attached hydrogen (secondary N) is 2. The van der Waals surface area contributed by atoms with Crippen molar-refractivity contribution in [2.75, 3.05) is 26.7 Å². The first kappa shape index (κ1) is 14.1. The average molecular weight is 264 g/mol. The first-order valence-corrected chi connectivity index (χ1v) is 7.16. The Hall–Kier alpha value is -1.36. The van der Waals surface area contributed by atoms with E-state index < -0.39 is 0 Å². The van der Waals surface area contributed by atoms with Crippen molar-refractivity contribution in [1.29, 1.82) is 0 Å². The highest BCUT2D eigenvalue weighted by atomic mass is 16.1. The quantitative estimate of drug-likeness (QED) is 0.811. The Kier molecular flexibility index (Phi) is 5.39. The van der Waals surface area contributed by atoms with Crippen molar-refractivity contribution < 1.29 is 4.79 Å². The molecule has 2 N–H and O–H groups in total. The van der Waals surface area contributed by atoms with Crippen LogP contribution in [0.3, 0.4) is 0 Å². The molecule has 2 heterocycles. The standard InChI is InChI=1S/C14H24N4O/c1-18-8-2-3-12(10-18)4-5-14(19)16-7-6-13-9-15-11-17-13/h9,11-12H,2-8,10H2,1H3,(H,15,17)(H,16,19). The second kappa shape index (κ2) is 7.28. The number of imidazole rings is 1. The number of hydrogen-bond donors (Lipinski definition) is 2. The number of aromatic nitrogens is 2. The van der Waals surface area contributed by atoms with E-state index in [0.29, 0.717) is 18.9 Å². The Labute approximate surface area is 114 Å². The van der Waals surface area contributed by atoms with Gasteiger partial charge in [0.1, 0.15) is 0 Å². The van der Waals surface area contributed by atoms with Crippen LogP contribution < -0.4 is 5.32 Å². The Morgan fingerprint density at radius 3 is 3.26 bits per heavy atom. The monoisotopic (exact) mass is 264 g/mol. The fourth-order valence-electron chi connectivity index (χ4n) is 2.69. The van der Waals surface area contributed by atoms with Crippen molar-refractivity contribution in [2.45, 2.75) is 32.1 Å². The van der Waals surface area contributed by atoms with E-state index in [9.17, 15) is 4.79 Å². The smallest absolute Gasteiger partial charge is 0.220 e. The minimum absolute atomic E-state index is 0.174. The maximum absolute atomic E-state index is 11.7. The number of hydrogen-bond acceptors (Lipinski definition) is 3. The number of likely N-dealkylation sites (tertiary alicyclic amines) is 1. The summed E-state index contributed by atoms with van der Waals surface area (Å²) in [5.41, 5.74) is 1.06. The van der Waals surface area contributed by atoms with Crippen LogP contribution in [0.1, 0.15) is 31.4 Å². The number of H-pyrrole nitrogens is 1. The van der Waals surface area contributed by atoms with Crippen LogP contribution in [0.4, 0.5) is 0 Å². The summed E-state index contributed by atoms with van der Waals surface area (Å²) in [7, 11) is 2.16. The molecule has 1 unspecified atom stereocenters. The molecule has 1 aromatic rings. The van der Waals surface area contributed by atoms with Gasteiger partial charge in [0.15, 0.2) is 0 Å². The van der Waals surface area contributed by atoms with Gasteiger partial charge in [0.2, 0.25) is 5.91 Å². The van der Waals surface area contributed by atoms with Crippen LogP contribution in [0, 0.1) is 5.92 Å². The first-order valence-electron chi connectivity index (χ1n) is 7.16. The van der Waals surface area contributed by atoms with Gasteiger partial charge in [-0.25, -0.2) is 4.98 Å². The van der Waals surface area contributed by atoms with Gasteiger partial charge >= 0.3 is 0 Å². The fraction of sp³-hybridized carbons (Fsp3) is 0.714. The molecule has 1 fully saturated rings. The predicted octanol–water partition coefficient (Wildman–Crippen LogP) is 1.19. The van der Waals surface area contributed by atoms with Crippen molar-refractivity contribution in [2.24, 2.45) is 5.92 Å². The minimum atomic E-state index is 0.174. The number of nitrogens with zero attached hydrogens (tertiary/aromatic N) is 2. The van der Waals surface area contributed by atoms with Crippen molar-refractivity contribution in [3.63, 3.8) is 0 Å². The maximum Gasteiger partial charge on any atom is 0.220 e. The van der Waals surface area contributed by atoms with E-state index in [1.165, 1.54) is 19.4 Å². The van der Waals surface area contributed by atoms with Gasteiger partial charge in [-0.15, -0.1) is 0 Å². The summed E-state index contributed by atoms with van der Waals surface area (Å²) < 4.78 is 0. The molecule has 1 aliphatic rings. The third kappa shape index (κ3) is 5.03. The van der Waals surface area contributed by atoms with Crippen LogP contribution in [-0.4, -0.2) is 47.5 Å². The van der Waals surface area contributed by atoms with Crippen LogP contribution >= 0.6 is 0 Å². The highest BCUT2D eigenvalue weighted by Crippen LogP contribution is 2.19. The van der Waals surface area contributed by atoms with Crippen molar-refractivity contribution in [3.05, 3.63) is 18.2 Å². The average Bonchev–Trinajstić information content (AvgIpc) is 2.90. The predicted molar refractivity (Wildman–Crippen MR) is 74.8 cm³/mol. The summed E-state index contributed by atoms with van der Waals surface area (Å²) in [6.07, 6.45) is 8.48. The number of piperidine rings is 1. The van der Waals surface area contributed by atoms with Crippen LogP contribution in [-0.2, 0) is 11.2 Å². The van der Waals surface area contributed by atoms with Crippen LogP contribution in [0.2, 0.25) is 0 Å². The zero-order valence-electron chi connectivity index (χ0n) is 11.7. The molecular weight excluding hydrogens is 240 g/mol. The van der Waals surface area contributed by atoms with E-state index in [2.05, 4.69) is 27.2 Å². The zero-order chi connectivity index (χ0) is 13.5. The van der Waals surface area contributed by atoms with Crippen molar-refractivity contribution >= 4 is 5.91 Å². The molecular formula is C14H24N4O. The fourth-order valence-corrected chi connectivity index (χ4v) is 2.69. The summed E-state index contributed by atoms with van der Waals surface area (Å²) in [5.74, 6) is 0.866. The molecule has 5 nitrogen and oxygen atoms in total. The topological polar surface area (TPSA) is 61.0 Å². The molecule has 0 spiro atoms. The highest BCUT2D eigenvalue weighted by Gasteiger charge is 2.17. The Bertz CT molecular complexity index is 377. The molecule has 1 aromatic heterocycles. The number of rotatable bonds is 6. The highest BCUT2D eigenvalue weighted by molar-refractivity contribution is 5.75. The SMILES string of the molecule is CN1CCCC(CCC(=O)NCCc2cnc[nH]2)C1. The minimum Gasteiger partial charge on any atom is -0.356 e. The van der Waals surface area contributed by atoms with Gasteiger partial charge in [0.05, 0.1) is 6.33 Å². The van der Waals surface area contributed by atoms with Gasteiger partial charge < -0.3 is 15.2 Å². The summed E-state index contributed by atoms with van der Waals surface area (Å²) in [6, 6.07) is 0.